The van der Waals surface area contributed by atoms with Gasteiger partial charge in [0.25, 0.3) is 5.91 Å². The number of aromatic amines is 1. The summed E-state index contributed by atoms with van der Waals surface area (Å²) >= 11 is 0. The van der Waals surface area contributed by atoms with E-state index in [1.165, 1.54) is 6.33 Å². The lowest BCUT2D eigenvalue weighted by atomic mass is 9.97. The second kappa shape index (κ2) is 7.03. The number of benzene rings is 1. The Kier molecular flexibility index (Phi) is 4.42. The third kappa shape index (κ3) is 3.32. The summed E-state index contributed by atoms with van der Waals surface area (Å²) in [6.07, 6.45) is 3.33. The van der Waals surface area contributed by atoms with Crippen molar-refractivity contribution in [3.8, 4) is 11.5 Å². The molecule has 0 radical (unpaired) electrons. The SMILES string of the molecule is O=C(NCC(=O)N1CCC[C@@H](c2ncn[nH]2)C1)c1ccc2c(c1)OCO2. The van der Waals surface area contributed by atoms with Gasteiger partial charge in [0.15, 0.2) is 11.5 Å². The van der Waals surface area contributed by atoms with Gasteiger partial charge in [-0.3, -0.25) is 14.7 Å². The van der Waals surface area contributed by atoms with Gasteiger partial charge in [0.1, 0.15) is 12.2 Å². The number of amides is 2. The zero-order valence-corrected chi connectivity index (χ0v) is 14.1. The van der Waals surface area contributed by atoms with Crippen LogP contribution in [0.4, 0.5) is 0 Å². The standard InChI is InChI=1S/C17H19N5O4/c23-15(22-5-1-2-12(8-22)16-19-9-20-21-16)7-18-17(24)11-3-4-13-14(6-11)26-10-25-13/h3-4,6,9,12H,1-2,5,7-8,10H2,(H,18,24)(H,19,20,21)/t12-/m1/s1. The molecule has 1 aromatic carbocycles. The largest absolute Gasteiger partial charge is 0.454 e. The van der Waals surface area contributed by atoms with Gasteiger partial charge in [0.2, 0.25) is 12.7 Å². The van der Waals surface area contributed by atoms with Crippen LogP contribution in [0.15, 0.2) is 24.5 Å². The zero-order chi connectivity index (χ0) is 17.9. The van der Waals surface area contributed by atoms with Crippen molar-refractivity contribution in [1.29, 1.82) is 0 Å². The minimum atomic E-state index is -0.319. The summed E-state index contributed by atoms with van der Waals surface area (Å²) in [5.41, 5.74) is 0.431. The van der Waals surface area contributed by atoms with E-state index >= 15 is 0 Å². The number of fused-ring (bicyclic) bond motifs is 1. The number of H-pyrrole nitrogens is 1. The van der Waals surface area contributed by atoms with Gasteiger partial charge in [-0.15, -0.1) is 0 Å². The fraction of sp³-hybridized carbons (Fsp3) is 0.412. The molecule has 1 saturated heterocycles. The summed E-state index contributed by atoms with van der Waals surface area (Å²) in [5.74, 6) is 1.68. The first-order valence-electron chi connectivity index (χ1n) is 8.51. The molecular weight excluding hydrogens is 338 g/mol. The Morgan fingerprint density at radius 3 is 3.04 bits per heavy atom. The van der Waals surface area contributed by atoms with E-state index in [1.54, 1.807) is 23.1 Å². The predicted molar refractivity (Wildman–Crippen MR) is 89.8 cm³/mol. The fourth-order valence-electron chi connectivity index (χ4n) is 3.25. The molecular formula is C17H19N5O4. The van der Waals surface area contributed by atoms with Gasteiger partial charge in [-0.1, -0.05) is 0 Å². The highest BCUT2D eigenvalue weighted by molar-refractivity contribution is 5.97. The zero-order valence-electron chi connectivity index (χ0n) is 14.1. The number of likely N-dealkylation sites (tertiary alicyclic amines) is 1. The number of carbonyl (C=O) groups is 2. The maximum atomic E-state index is 12.5. The molecule has 1 atom stereocenters. The number of ether oxygens (including phenoxy) is 2. The average Bonchev–Trinajstić information content (AvgIpc) is 3.36. The Bertz CT molecular complexity index is 807. The van der Waals surface area contributed by atoms with Crippen LogP contribution in [0, 0.1) is 0 Å². The molecule has 0 spiro atoms. The van der Waals surface area contributed by atoms with Crippen molar-refractivity contribution in [2.45, 2.75) is 18.8 Å². The molecule has 0 aliphatic carbocycles. The van der Waals surface area contributed by atoms with Crippen molar-refractivity contribution in [3.63, 3.8) is 0 Å². The molecule has 136 valence electrons. The van der Waals surface area contributed by atoms with E-state index in [-0.39, 0.29) is 31.1 Å². The smallest absolute Gasteiger partial charge is 0.251 e. The van der Waals surface area contributed by atoms with Gasteiger partial charge < -0.3 is 19.7 Å². The van der Waals surface area contributed by atoms with Crippen LogP contribution in [0.25, 0.3) is 0 Å². The molecule has 26 heavy (non-hydrogen) atoms. The lowest BCUT2D eigenvalue weighted by Crippen LogP contribution is -2.44. The predicted octanol–water partition coefficient (Wildman–Crippen LogP) is 0.669. The van der Waals surface area contributed by atoms with Crippen molar-refractivity contribution >= 4 is 11.8 Å². The third-order valence-electron chi connectivity index (χ3n) is 4.63. The van der Waals surface area contributed by atoms with Gasteiger partial charge in [-0.2, -0.15) is 5.10 Å². The number of rotatable bonds is 4. The number of nitrogens with zero attached hydrogens (tertiary/aromatic N) is 3. The van der Waals surface area contributed by atoms with Crippen molar-refractivity contribution in [1.82, 2.24) is 25.4 Å². The molecule has 0 saturated carbocycles. The van der Waals surface area contributed by atoms with Crippen molar-refractivity contribution in [2.75, 3.05) is 26.4 Å². The highest BCUT2D eigenvalue weighted by Crippen LogP contribution is 2.32. The van der Waals surface area contributed by atoms with E-state index in [4.69, 9.17) is 9.47 Å². The van der Waals surface area contributed by atoms with Crippen LogP contribution in [-0.2, 0) is 4.79 Å². The number of carbonyl (C=O) groups excluding carboxylic acids is 2. The molecule has 2 aliphatic heterocycles. The quantitative estimate of drug-likeness (QED) is 0.832. The molecule has 2 aliphatic rings. The van der Waals surface area contributed by atoms with Gasteiger partial charge in [-0.05, 0) is 31.0 Å². The number of hydrogen-bond donors (Lipinski definition) is 2. The van der Waals surface area contributed by atoms with Gasteiger partial charge in [0, 0.05) is 24.6 Å². The number of nitrogens with one attached hydrogen (secondary N) is 2. The summed E-state index contributed by atoms with van der Waals surface area (Å²) in [5, 5.41) is 9.41. The Balaban J connectivity index is 1.32. The Hall–Kier alpha value is -3.10. The van der Waals surface area contributed by atoms with Crippen molar-refractivity contribution in [2.24, 2.45) is 0 Å². The van der Waals surface area contributed by atoms with Crippen LogP contribution in [0.5, 0.6) is 11.5 Å². The molecule has 1 aromatic heterocycles. The van der Waals surface area contributed by atoms with Gasteiger partial charge >= 0.3 is 0 Å². The van der Waals surface area contributed by atoms with Crippen molar-refractivity contribution < 1.29 is 19.1 Å². The number of piperidine rings is 1. The molecule has 3 heterocycles. The van der Waals surface area contributed by atoms with E-state index < -0.39 is 0 Å². The second-order valence-corrected chi connectivity index (χ2v) is 6.30. The van der Waals surface area contributed by atoms with Crippen molar-refractivity contribution in [3.05, 3.63) is 35.9 Å². The van der Waals surface area contributed by atoms with Gasteiger partial charge in [-0.25, -0.2) is 4.98 Å². The highest BCUT2D eigenvalue weighted by Gasteiger charge is 2.26. The van der Waals surface area contributed by atoms with Crippen LogP contribution in [0.1, 0.15) is 34.9 Å². The molecule has 9 heteroatoms. The normalized spacial score (nSPS) is 18.6. The van der Waals surface area contributed by atoms with E-state index in [9.17, 15) is 9.59 Å². The summed E-state index contributed by atoms with van der Waals surface area (Å²) in [6, 6.07) is 4.95. The third-order valence-corrected chi connectivity index (χ3v) is 4.63. The Morgan fingerprint density at radius 1 is 1.31 bits per heavy atom. The van der Waals surface area contributed by atoms with Crippen LogP contribution >= 0.6 is 0 Å². The molecule has 0 unspecified atom stereocenters. The molecule has 2 amide bonds. The Labute approximate surface area is 149 Å². The molecule has 1 fully saturated rings. The summed E-state index contributed by atoms with van der Waals surface area (Å²) in [4.78, 5) is 30.7. The van der Waals surface area contributed by atoms with Gasteiger partial charge in [0.05, 0.1) is 6.54 Å². The lowest BCUT2D eigenvalue weighted by Gasteiger charge is -2.31. The van der Waals surface area contributed by atoms with E-state index in [0.29, 0.717) is 30.2 Å². The number of hydrogen-bond acceptors (Lipinski definition) is 6. The first-order valence-corrected chi connectivity index (χ1v) is 8.51. The lowest BCUT2D eigenvalue weighted by molar-refractivity contribution is -0.131. The molecule has 2 N–H and O–H groups in total. The molecule has 2 aromatic rings. The van der Waals surface area contributed by atoms with Crippen LogP contribution in [0.2, 0.25) is 0 Å². The Morgan fingerprint density at radius 2 is 2.19 bits per heavy atom. The van der Waals surface area contributed by atoms with Crippen LogP contribution in [-0.4, -0.2) is 58.3 Å². The molecule has 0 bridgehead atoms. The van der Waals surface area contributed by atoms with Crippen LogP contribution < -0.4 is 14.8 Å². The summed E-state index contributed by atoms with van der Waals surface area (Å²) < 4.78 is 10.5. The summed E-state index contributed by atoms with van der Waals surface area (Å²) in [7, 11) is 0. The molecule has 4 rings (SSSR count). The van der Waals surface area contributed by atoms with E-state index in [1.807, 2.05) is 0 Å². The maximum absolute atomic E-state index is 12.5. The average molecular weight is 357 g/mol. The summed E-state index contributed by atoms with van der Waals surface area (Å²) in [6.45, 7) is 1.37. The second-order valence-electron chi connectivity index (χ2n) is 6.30. The monoisotopic (exact) mass is 357 g/mol. The topological polar surface area (TPSA) is 109 Å². The minimum Gasteiger partial charge on any atom is -0.454 e. The van der Waals surface area contributed by atoms with Crippen LogP contribution in [0.3, 0.4) is 0 Å². The minimum absolute atomic E-state index is 0.0452. The first kappa shape index (κ1) is 16.4. The fourth-order valence-corrected chi connectivity index (χ4v) is 3.25. The highest BCUT2D eigenvalue weighted by atomic mass is 16.7. The van der Waals surface area contributed by atoms with E-state index in [0.717, 1.165) is 18.7 Å². The molecule has 9 nitrogen and oxygen atoms in total. The number of aromatic nitrogens is 3. The maximum Gasteiger partial charge on any atom is 0.251 e. The first-order chi connectivity index (χ1) is 12.7. The van der Waals surface area contributed by atoms with E-state index in [2.05, 4.69) is 20.5 Å².